The highest BCUT2D eigenvalue weighted by atomic mass is 28.5. The van der Waals surface area contributed by atoms with Crippen LogP contribution >= 0.6 is 0 Å². The summed E-state index contributed by atoms with van der Waals surface area (Å²) < 4.78 is 12.7. The van der Waals surface area contributed by atoms with E-state index in [0.717, 1.165) is 18.5 Å². The van der Waals surface area contributed by atoms with Crippen LogP contribution in [0, 0.1) is 6.92 Å². The summed E-state index contributed by atoms with van der Waals surface area (Å²) >= 11 is 0. The van der Waals surface area contributed by atoms with Gasteiger partial charge in [0.1, 0.15) is 0 Å². The monoisotopic (exact) mass is 318 g/mol. The van der Waals surface area contributed by atoms with Gasteiger partial charge in [-0.15, -0.1) is 6.58 Å². The van der Waals surface area contributed by atoms with E-state index >= 15 is 0 Å². The Morgan fingerprint density at radius 2 is 1.53 bits per heavy atom. The van der Waals surface area contributed by atoms with Gasteiger partial charge in [0.15, 0.2) is 16.6 Å². The molecule has 6 heteroatoms. The normalized spacial score (nSPS) is 16.2. The summed E-state index contributed by atoms with van der Waals surface area (Å²) in [6.45, 7) is 20.4. The van der Waals surface area contributed by atoms with Gasteiger partial charge in [0.25, 0.3) is 0 Å². The predicted octanol–water partition coefficient (Wildman–Crippen LogP) is 3.71. The second-order valence-electron chi connectivity index (χ2n) is 6.31. The summed E-state index contributed by atoms with van der Waals surface area (Å²) in [5.74, 6) is 0. The van der Waals surface area contributed by atoms with Crippen molar-refractivity contribution in [1.29, 1.82) is 0 Å². The molecule has 1 N–H and O–H groups in total. The van der Waals surface area contributed by atoms with Crippen LogP contribution < -0.4 is 0 Å². The lowest BCUT2D eigenvalue weighted by atomic mass is 10.4. The fourth-order valence-corrected chi connectivity index (χ4v) is 14.5. The van der Waals surface area contributed by atoms with E-state index in [1.54, 1.807) is 0 Å². The highest BCUT2D eigenvalue weighted by Gasteiger charge is 2.40. The number of hydrogen-bond donors (Lipinski definition) is 1. The highest BCUT2D eigenvalue weighted by Crippen LogP contribution is 2.26. The van der Waals surface area contributed by atoms with Crippen molar-refractivity contribution in [2.24, 2.45) is 0 Å². The molecule has 0 rings (SSSR count). The van der Waals surface area contributed by atoms with Gasteiger partial charge in [-0.05, 0) is 51.7 Å². The lowest BCUT2D eigenvalue weighted by Gasteiger charge is -2.38. The van der Waals surface area contributed by atoms with E-state index in [4.69, 9.17) is 20.3 Å². The molecule has 0 saturated heterocycles. The molecule has 1 atom stereocenters. The van der Waals surface area contributed by atoms with Crippen LogP contribution in [0.3, 0.4) is 0 Å². The topological polar surface area (TPSA) is 38.7 Å². The van der Waals surface area contributed by atoms with Gasteiger partial charge in [0.2, 0.25) is 0 Å². The zero-order chi connectivity index (χ0) is 15.2. The zero-order valence-corrected chi connectivity index (χ0v) is 16.2. The van der Waals surface area contributed by atoms with Crippen molar-refractivity contribution in [3.05, 3.63) is 19.2 Å². The van der Waals surface area contributed by atoms with Crippen LogP contribution in [0.2, 0.25) is 44.8 Å². The first kappa shape index (κ1) is 19.3. The molecule has 2 radical (unpaired) electrons. The maximum absolute atomic E-state index is 9.12. The molecule has 0 aromatic carbocycles. The van der Waals surface area contributed by atoms with E-state index in [-0.39, 0.29) is 6.61 Å². The molecule has 0 aliphatic carbocycles. The Bertz CT molecular complexity index is 282. The highest BCUT2D eigenvalue weighted by molar-refractivity contribution is 6.90. The molecule has 0 amide bonds. The van der Waals surface area contributed by atoms with E-state index in [9.17, 15) is 0 Å². The van der Waals surface area contributed by atoms with Gasteiger partial charge < -0.3 is 13.3 Å². The van der Waals surface area contributed by atoms with Gasteiger partial charge in [0.05, 0.1) is 0 Å². The van der Waals surface area contributed by atoms with Crippen molar-refractivity contribution in [2.75, 3.05) is 6.61 Å². The van der Waals surface area contributed by atoms with E-state index in [0.29, 0.717) is 6.42 Å². The summed E-state index contributed by atoms with van der Waals surface area (Å²) in [4.78, 5) is 0. The number of aliphatic hydroxyl groups excluding tert-OH is 1. The third-order valence-corrected chi connectivity index (χ3v) is 14.4. The average Bonchev–Trinajstić information content (AvgIpc) is 2.24. The van der Waals surface area contributed by atoms with Gasteiger partial charge in [0, 0.05) is 6.61 Å². The number of unbranched alkanes of at least 4 members (excludes halogenated alkanes) is 1. The number of hydrogen-bond acceptors (Lipinski definition) is 3. The minimum absolute atomic E-state index is 0.175. The molecule has 0 aromatic rings. The largest absolute Gasteiger partial charge is 0.433 e. The molecule has 0 saturated carbocycles. The second kappa shape index (κ2) is 7.90. The van der Waals surface area contributed by atoms with Crippen LogP contribution in [-0.4, -0.2) is 36.9 Å². The predicted molar refractivity (Wildman–Crippen MR) is 89.2 cm³/mol. The molecule has 0 bridgehead atoms. The third-order valence-electron chi connectivity index (χ3n) is 3.03. The van der Waals surface area contributed by atoms with E-state index in [1.165, 1.54) is 0 Å². The van der Waals surface area contributed by atoms with Gasteiger partial charge in [-0.3, -0.25) is 0 Å². The lowest BCUT2D eigenvalue weighted by Crippen LogP contribution is -2.53. The Morgan fingerprint density at radius 1 is 1.05 bits per heavy atom. The van der Waals surface area contributed by atoms with Crippen molar-refractivity contribution < 1.29 is 13.3 Å². The maximum atomic E-state index is 9.12. The Kier molecular flexibility index (Phi) is 8.01. The van der Waals surface area contributed by atoms with Crippen LogP contribution in [0.4, 0.5) is 0 Å². The first-order valence-electron chi connectivity index (χ1n) is 6.95. The molecular formula is C13H30O3Si3. The van der Waals surface area contributed by atoms with Gasteiger partial charge in [-0.1, -0.05) is 18.5 Å². The summed E-state index contributed by atoms with van der Waals surface area (Å²) in [5.41, 5.74) is 1.87. The van der Waals surface area contributed by atoms with Crippen molar-refractivity contribution >= 4 is 25.2 Å². The smallest absolute Gasteiger partial charge is 0.340 e. The standard InChI is InChI=1S/C13H30O3Si3/c1-8-10-12-17(3,4)15-19(7,9-2)16-18(5,6)13-11-14/h1,9,14H,2,8,10-13H2,3-7H3. The lowest BCUT2D eigenvalue weighted by molar-refractivity contribution is 0.307. The van der Waals surface area contributed by atoms with Crippen molar-refractivity contribution in [3.8, 4) is 0 Å². The molecule has 19 heavy (non-hydrogen) atoms. The Morgan fingerprint density at radius 3 is 1.89 bits per heavy atom. The Balaban J connectivity index is 4.73. The van der Waals surface area contributed by atoms with Gasteiger partial charge in [-0.2, -0.15) is 0 Å². The summed E-state index contributed by atoms with van der Waals surface area (Å²) in [6, 6.07) is 1.78. The summed E-state index contributed by atoms with van der Waals surface area (Å²) in [7, 11) is -5.98. The van der Waals surface area contributed by atoms with E-state index < -0.39 is 25.2 Å². The van der Waals surface area contributed by atoms with Crippen molar-refractivity contribution in [3.63, 3.8) is 0 Å². The van der Waals surface area contributed by atoms with Crippen LogP contribution in [0.25, 0.3) is 0 Å². The second-order valence-corrected chi connectivity index (χ2v) is 18.4. The van der Waals surface area contributed by atoms with E-state index in [1.807, 2.05) is 5.70 Å². The first-order valence-corrected chi connectivity index (χ1v) is 15.6. The Hall–Kier alpha value is 0.271. The van der Waals surface area contributed by atoms with E-state index in [2.05, 4.69) is 39.3 Å². The van der Waals surface area contributed by atoms with Gasteiger partial charge >= 0.3 is 8.56 Å². The summed E-state index contributed by atoms with van der Waals surface area (Å²) in [6.07, 6.45) is 1.70. The molecule has 0 heterocycles. The fourth-order valence-electron chi connectivity index (χ4n) is 2.10. The molecule has 0 aromatic heterocycles. The van der Waals surface area contributed by atoms with Crippen LogP contribution in [-0.2, 0) is 8.23 Å². The van der Waals surface area contributed by atoms with Crippen LogP contribution in [0.5, 0.6) is 0 Å². The van der Waals surface area contributed by atoms with Crippen LogP contribution in [0.1, 0.15) is 12.8 Å². The number of aliphatic hydroxyl groups is 1. The van der Waals surface area contributed by atoms with Gasteiger partial charge in [-0.25, -0.2) is 0 Å². The molecule has 3 nitrogen and oxygen atoms in total. The maximum Gasteiger partial charge on any atom is 0.340 e. The quantitative estimate of drug-likeness (QED) is 0.624. The zero-order valence-electron chi connectivity index (χ0n) is 13.2. The van der Waals surface area contributed by atoms with Crippen molar-refractivity contribution in [1.82, 2.24) is 0 Å². The van der Waals surface area contributed by atoms with Crippen molar-refractivity contribution in [2.45, 2.75) is 57.7 Å². The van der Waals surface area contributed by atoms with Crippen LogP contribution in [0.15, 0.2) is 12.3 Å². The first-order chi connectivity index (χ1) is 8.60. The minimum Gasteiger partial charge on any atom is -0.433 e. The fraction of sp³-hybridized carbons (Fsp3) is 0.769. The molecular weight excluding hydrogens is 288 g/mol. The molecule has 1 unspecified atom stereocenters. The average molecular weight is 319 g/mol. The third kappa shape index (κ3) is 8.21. The molecule has 0 spiro atoms. The molecule has 0 fully saturated rings. The number of rotatable bonds is 10. The summed E-state index contributed by atoms with van der Waals surface area (Å²) in [5, 5.41) is 9.12. The molecule has 112 valence electrons. The minimum atomic E-state index is -2.35. The molecule has 0 aliphatic heterocycles. The SMILES string of the molecule is [CH]CCC[Si](C)(C)O[Si](C)(C=C)O[Si](C)(C)CCO. The Labute approximate surface area is 122 Å². The molecule has 0 aliphatic rings.